The number of carbonyl (C=O) groups excluding carboxylic acids is 2. The normalized spacial score (nSPS) is 18.5. The quantitative estimate of drug-likeness (QED) is 0.592. The highest BCUT2D eigenvalue weighted by molar-refractivity contribution is 5.76. The van der Waals surface area contributed by atoms with Crippen molar-refractivity contribution in [1.29, 1.82) is 0 Å². The molecule has 102 valence electrons. The van der Waals surface area contributed by atoms with Gasteiger partial charge in [0.25, 0.3) is 0 Å². The first-order valence-electron chi connectivity index (χ1n) is 6.00. The molecule has 3 N–H and O–H groups in total. The van der Waals surface area contributed by atoms with Crippen LogP contribution in [0.4, 0.5) is 4.79 Å². The van der Waals surface area contributed by atoms with Crippen LogP contribution in [0.1, 0.15) is 26.2 Å². The third-order valence-corrected chi connectivity index (χ3v) is 2.73. The Morgan fingerprint density at radius 3 is 2.72 bits per heavy atom. The number of rotatable bonds is 5. The lowest BCUT2D eigenvalue weighted by atomic mass is 10.3. The van der Waals surface area contributed by atoms with Gasteiger partial charge in [-0.15, -0.1) is 0 Å². The first kappa shape index (κ1) is 14.3. The maximum atomic E-state index is 11.7. The van der Waals surface area contributed by atoms with Gasteiger partial charge in [-0.1, -0.05) is 0 Å². The number of aliphatic carboxylic acids is 1. The van der Waals surface area contributed by atoms with Gasteiger partial charge in [0, 0.05) is 39.0 Å². The Bertz CT molecular complexity index is 332. The Labute approximate surface area is 106 Å². The van der Waals surface area contributed by atoms with E-state index in [1.165, 1.54) is 6.92 Å². The molecule has 0 aromatic rings. The molecule has 0 radical (unpaired) electrons. The lowest BCUT2D eigenvalue weighted by molar-refractivity contribution is -0.137. The molecule has 1 rings (SSSR count). The molecule has 0 aromatic heterocycles. The summed E-state index contributed by atoms with van der Waals surface area (Å²) >= 11 is 0. The molecule has 0 bridgehead atoms. The van der Waals surface area contributed by atoms with Crippen molar-refractivity contribution in [3.63, 3.8) is 0 Å². The fourth-order valence-electron chi connectivity index (χ4n) is 1.90. The second-order valence-electron chi connectivity index (χ2n) is 4.36. The molecule has 3 amide bonds. The number of carboxylic acids is 1. The van der Waals surface area contributed by atoms with E-state index in [-0.39, 0.29) is 24.4 Å². The molecule has 1 aliphatic rings. The van der Waals surface area contributed by atoms with Crippen LogP contribution in [0.15, 0.2) is 0 Å². The van der Waals surface area contributed by atoms with Gasteiger partial charge in [0.05, 0.1) is 0 Å². The molecule has 1 heterocycles. The topological polar surface area (TPSA) is 98.7 Å². The van der Waals surface area contributed by atoms with E-state index in [9.17, 15) is 14.4 Å². The lowest BCUT2D eigenvalue weighted by Crippen LogP contribution is -2.42. The minimum atomic E-state index is -0.865. The van der Waals surface area contributed by atoms with Crippen LogP contribution >= 0.6 is 0 Å². The third kappa shape index (κ3) is 5.03. The predicted octanol–water partition coefficient (Wildman–Crippen LogP) is -0.229. The van der Waals surface area contributed by atoms with Gasteiger partial charge in [0.1, 0.15) is 0 Å². The van der Waals surface area contributed by atoms with Gasteiger partial charge in [-0.25, -0.2) is 4.79 Å². The molecule has 1 atom stereocenters. The van der Waals surface area contributed by atoms with Crippen molar-refractivity contribution in [2.75, 3.05) is 19.6 Å². The highest BCUT2D eigenvalue weighted by Crippen LogP contribution is 2.08. The van der Waals surface area contributed by atoms with E-state index < -0.39 is 5.97 Å². The summed E-state index contributed by atoms with van der Waals surface area (Å²) in [7, 11) is 0. The number of carbonyl (C=O) groups is 3. The summed E-state index contributed by atoms with van der Waals surface area (Å²) in [6.45, 7) is 2.92. The number of nitrogens with zero attached hydrogens (tertiary/aromatic N) is 1. The average molecular weight is 257 g/mol. The summed E-state index contributed by atoms with van der Waals surface area (Å²) < 4.78 is 0. The molecular weight excluding hydrogens is 238 g/mol. The molecule has 1 saturated heterocycles. The summed E-state index contributed by atoms with van der Waals surface area (Å²) in [6.07, 6.45) is 1.22. The smallest absolute Gasteiger partial charge is 0.317 e. The standard InChI is InChI=1S/C11H19N3O4/c1-8(15)13-9-4-6-14(7-9)11(18)12-5-2-3-10(16)17/h9H,2-7H2,1H3,(H,12,18)(H,13,15)(H,16,17). The minimum absolute atomic E-state index is 0.0206. The van der Waals surface area contributed by atoms with Crippen LogP contribution in [0.5, 0.6) is 0 Å². The van der Waals surface area contributed by atoms with E-state index >= 15 is 0 Å². The Morgan fingerprint density at radius 2 is 2.11 bits per heavy atom. The van der Waals surface area contributed by atoms with Crippen molar-refractivity contribution >= 4 is 17.9 Å². The maximum absolute atomic E-state index is 11.7. The van der Waals surface area contributed by atoms with E-state index in [1.807, 2.05) is 0 Å². The minimum Gasteiger partial charge on any atom is -0.481 e. The van der Waals surface area contributed by atoms with E-state index in [0.717, 1.165) is 6.42 Å². The number of carboxylic acid groups (broad SMARTS) is 1. The van der Waals surface area contributed by atoms with E-state index in [4.69, 9.17) is 5.11 Å². The zero-order valence-electron chi connectivity index (χ0n) is 10.4. The molecule has 0 spiro atoms. The molecule has 0 aliphatic carbocycles. The Morgan fingerprint density at radius 1 is 1.39 bits per heavy atom. The van der Waals surface area contributed by atoms with Crippen LogP contribution in [0.2, 0.25) is 0 Å². The van der Waals surface area contributed by atoms with Gasteiger partial charge < -0.3 is 20.6 Å². The number of urea groups is 1. The second kappa shape index (κ2) is 6.83. The SMILES string of the molecule is CC(=O)NC1CCN(C(=O)NCCCC(=O)O)C1. The summed E-state index contributed by atoms with van der Waals surface area (Å²) in [5, 5.41) is 13.9. The summed E-state index contributed by atoms with van der Waals surface area (Å²) in [4.78, 5) is 34.5. The highest BCUT2D eigenvalue weighted by atomic mass is 16.4. The third-order valence-electron chi connectivity index (χ3n) is 2.73. The second-order valence-corrected chi connectivity index (χ2v) is 4.36. The monoisotopic (exact) mass is 257 g/mol. The highest BCUT2D eigenvalue weighted by Gasteiger charge is 2.26. The van der Waals surface area contributed by atoms with Crippen molar-refractivity contribution in [1.82, 2.24) is 15.5 Å². The van der Waals surface area contributed by atoms with Crippen molar-refractivity contribution in [3.8, 4) is 0 Å². The number of hydrogen-bond acceptors (Lipinski definition) is 3. The Hall–Kier alpha value is -1.79. The molecule has 0 saturated carbocycles. The molecule has 7 heteroatoms. The summed E-state index contributed by atoms with van der Waals surface area (Å²) in [5.74, 6) is -0.958. The molecule has 1 aliphatic heterocycles. The van der Waals surface area contributed by atoms with Gasteiger partial charge in [0.15, 0.2) is 0 Å². The number of likely N-dealkylation sites (tertiary alicyclic amines) is 1. The van der Waals surface area contributed by atoms with Crippen molar-refractivity contribution < 1.29 is 19.5 Å². The van der Waals surface area contributed by atoms with Crippen molar-refractivity contribution in [3.05, 3.63) is 0 Å². The Kier molecular flexibility index (Phi) is 5.41. The van der Waals surface area contributed by atoms with Crippen LogP contribution in [0.25, 0.3) is 0 Å². The molecule has 1 unspecified atom stereocenters. The van der Waals surface area contributed by atoms with E-state index in [0.29, 0.717) is 26.1 Å². The zero-order chi connectivity index (χ0) is 13.5. The Balaban J connectivity index is 2.19. The summed E-state index contributed by atoms with van der Waals surface area (Å²) in [6, 6.07) is -0.180. The van der Waals surface area contributed by atoms with Gasteiger partial charge in [-0.05, 0) is 12.8 Å². The molecule has 0 aromatic carbocycles. The predicted molar refractivity (Wildman–Crippen MR) is 64.1 cm³/mol. The number of nitrogens with one attached hydrogen (secondary N) is 2. The number of hydrogen-bond donors (Lipinski definition) is 3. The van der Waals surface area contributed by atoms with Gasteiger partial charge in [-0.3, -0.25) is 9.59 Å². The lowest BCUT2D eigenvalue weighted by Gasteiger charge is -2.17. The van der Waals surface area contributed by atoms with Crippen molar-refractivity contribution in [2.45, 2.75) is 32.2 Å². The fraction of sp³-hybridized carbons (Fsp3) is 0.727. The van der Waals surface area contributed by atoms with E-state index in [1.54, 1.807) is 4.90 Å². The first-order valence-corrected chi connectivity index (χ1v) is 6.00. The fourth-order valence-corrected chi connectivity index (χ4v) is 1.90. The van der Waals surface area contributed by atoms with Crippen LogP contribution in [0, 0.1) is 0 Å². The molecule has 18 heavy (non-hydrogen) atoms. The van der Waals surface area contributed by atoms with Crippen molar-refractivity contribution in [2.24, 2.45) is 0 Å². The summed E-state index contributed by atoms with van der Waals surface area (Å²) in [5.41, 5.74) is 0. The largest absolute Gasteiger partial charge is 0.481 e. The molecule has 7 nitrogen and oxygen atoms in total. The molecular formula is C11H19N3O4. The first-order chi connectivity index (χ1) is 8.49. The average Bonchev–Trinajstić information content (AvgIpc) is 2.71. The molecule has 1 fully saturated rings. The van der Waals surface area contributed by atoms with Crippen LogP contribution < -0.4 is 10.6 Å². The number of amides is 3. The van der Waals surface area contributed by atoms with E-state index in [2.05, 4.69) is 10.6 Å². The van der Waals surface area contributed by atoms with Gasteiger partial charge in [-0.2, -0.15) is 0 Å². The van der Waals surface area contributed by atoms with Crippen LogP contribution in [0.3, 0.4) is 0 Å². The maximum Gasteiger partial charge on any atom is 0.317 e. The van der Waals surface area contributed by atoms with Gasteiger partial charge in [0.2, 0.25) is 5.91 Å². The van der Waals surface area contributed by atoms with Crippen LogP contribution in [-0.4, -0.2) is 53.6 Å². The van der Waals surface area contributed by atoms with Gasteiger partial charge >= 0.3 is 12.0 Å². The zero-order valence-corrected chi connectivity index (χ0v) is 10.4. The van der Waals surface area contributed by atoms with Crippen LogP contribution in [-0.2, 0) is 9.59 Å².